The molecule has 90 valence electrons. The van der Waals surface area contributed by atoms with Crippen molar-refractivity contribution in [2.45, 2.75) is 42.4 Å². The summed E-state index contributed by atoms with van der Waals surface area (Å²) in [5, 5.41) is 0. The van der Waals surface area contributed by atoms with Gasteiger partial charge >= 0.3 is 0 Å². The Hall–Kier alpha value is 0.970. The van der Waals surface area contributed by atoms with E-state index in [9.17, 15) is 0 Å². The summed E-state index contributed by atoms with van der Waals surface area (Å²) < 4.78 is 5.68. The number of methoxy groups -OCH3 is 1. The lowest BCUT2D eigenvalue weighted by Crippen LogP contribution is -2.39. The smallest absolute Gasteiger partial charge is 0.0700 e. The lowest BCUT2D eigenvalue weighted by Gasteiger charge is -2.34. The fraction of sp³-hybridized carbons (Fsp3) is 1.00. The van der Waals surface area contributed by atoms with E-state index in [0.717, 1.165) is 6.54 Å². The number of hydrogen-bond acceptors (Lipinski definition) is 5. The number of thiol groups is 2. The first kappa shape index (κ1) is 14.0. The molecular formula is C10H21NOS3. The van der Waals surface area contributed by atoms with Crippen LogP contribution >= 0.6 is 35.1 Å². The molecule has 0 N–H and O–H groups in total. The van der Waals surface area contributed by atoms with Gasteiger partial charge in [-0.3, -0.25) is 0 Å². The topological polar surface area (TPSA) is 12.5 Å². The predicted molar refractivity (Wildman–Crippen MR) is 75.0 cm³/mol. The van der Waals surface area contributed by atoms with E-state index in [1.54, 1.807) is 0 Å². The molecule has 1 rings (SSSR count). The van der Waals surface area contributed by atoms with E-state index in [1.807, 2.05) is 7.11 Å². The van der Waals surface area contributed by atoms with Crippen LogP contribution in [0, 0.1) is 0 Å². The summed E-state index contributed by atoms with van der Waals surface area (Å²) in [7, 11) is 5.52. The Morgan fingerprint density at radius 1 is 1.40 bits per heavy atom. The monoisotopic (exact) mass is 267 g/mol. The van der Waals surface area contributed by atoms with Crippen molar-refractivity contribution >= 4 is 35.1 Å². The first-order valence-corrected chi connectivity index (χ1v) is 7.83. The highest BCUT2D eigenvalue weighted by molar-refractivity contribution is 8.70. The minimum Gasteiger partial charge on any atom is -0.381 e. The highest BCUT2D eigenvalue weighted by Gasteiger charge is 2.24. The summed E-state index contributed by atoms with van der Waals surface area (Å²) in [5.41, 5.74) is 0. The van der Waals surface area contributed by atoms with Crippen LogP contribution < -0.4 is 0 Å². The number of nitrogens with zero attached hydrogens (tertiary/aromatic N) is 1. The van der Waals surface area contributed by atoms with Crippen LogP contribution in [0.3, 0.4) is 0 Å². The van der Waals surface area contributed by atoms with Crippen molar-refractivity contribution in [3.63, 3.8) is 0 Å². The van der Waals surface area contributed by atoms with Crippen molar-refractivity contribution in [1.29, 1.82) is 0 Å². The molecule has 0 amide bonds. The molecular weight excluding hydrogens is 246 g/mol. The molecule has 1 saturated carbocycles. The van der Waals surface area contributed by atoms with E-state index < -0.39 is 0 Å². The predicted octanol–water partition coefficient (Wildman–Crippen LogP) is 2.71. The van der Waals surface area contributed by atoms with Crippen LogP contribution in [0.1, 0.15) is 25.7 Å². The summed E-state index contributed by atoms with van der Waals surface area (Å²) >= 11 is 8.62. The molecule has 1 aliphatic rings. The van der Waals surface area contributed by atoms with Crippen molar-refractivity contribution in [2.24, 2.45) is 0 Å². The quantitative estimate of drug-likeness (QED) is 0.452. The second-order valence-electron chi connectivity index (χ2n) is 4.17. The molecule has 0 aromatic heterocycles. The Morgan fingerprint density at radius 2 is 2.00 bits per heavy atom. The molecule has 0 bridgehead atoms. The third-order valence-corrected chi connectivity index (χ3v) is 5.30. The Kier molecular flexibility index (Phi) is 6.85. The minimum absolute atomic E-state index is 0.304. The molecule has 0 spiro atoms. The van der Waals surface area contributed by atoms with Crippen molar-refractivity contribution in [3.05, 3.63) is 0 Å². The van der Waals surface area contributed by atoms with Crippen LogP contribution in [0.15, 0.2) is 0 Å². The third kappa shape index (κ3) is 4.77. The van der Waals surface area contributed by atoms with Gasteiger partial charge in [0.05, 0.1) is 10.7 Å². The van der Waals surface area contributed by atoms with Gasteiger partial charge in [-0.2, -0.15) is 12.6 Å². The number of hydrogen-bond donors (Lipinski definition) is 2. The van der Waals surface area contributed by atoms with Crippen LogP contribution in [0.2, 0.25) is 0 Å². The van der Waals surface area contributed by atoms with E-state index in [4.69, 9.17) is 4.74 Å². The van der Waals surface area contributed by atoms with Gasteiger partial charge in [0.2, 0.25) is 0 Å². The van der Waals surface area contributed by atoms with Crippen molar-refractivity contribution in [2.75, 3.05) is 20.7 Å². The largest absolute Gasteiger partial charge is 0.381 e. The van der Waals surface area contributed by atoms with E-state index >= 15 is 0 Å². The second kappa shape index (κ2) is 7.33. The van der Waals surface area contributed by atoms with E-state index in [1.165, 1.54) is 36.5 Å². The van der Waals surface area contributed by atoms with Gasteiger partial charge in [0, 0.05) is 19.7 Å². The lowest BCUT2D eigenvalue weighted by atomic mass is 9.92. The summed E-state index contributed by atoms with van der Waals surface area (Å²) in [5.74, 6) is 0. The van der Waals surface area contributed by atoms with E-state index in [-0.39, 0.29) is 0 Å². The Balaban J connectivity index is 2.26. The molecule has 0 saturated heterocycles. The normalized spacial score (nSPS) is 29.4. The standard InChI is InChI=1S/C10H21NOS3/c1-11(7-10(13)15-14)8-3-5-9(12-2)6-4-8/h8-10,13-14H,3-7H2,1-2H3. The average Bonchev–Trinajstić information content (AvgIpc) is 2.29. The zero-order valence-electron chi connectivity index (χ0n) is 9.43. The van der Waals surface area contributed by atoms with Gasteiger partial charge in [-0.1, -0.05) is 10.8 Å². The van der Waals surface area contributed by atoms with Gasteiger partial charge in [-0.05, 0) is 32.7 Å². The van der Waals surface area contributed by atoms with Gasteiger partial charge in [0.25, 0.3) is 0 Å². The second-order valence-corrected chi connectivity index (χ2v) is 6.55. The van der Waals surface area contributed by atoms with E-state index in [0.29, 0.717) is 16.7 Å². The summed E-state index contributed by atoms with van der Waals surface area (Å²) in [6.07, 6.45) is 5.35. The number of ether oxygens (including phenoxy) is 1. The van der Waals surface area contributed by atoms with Gasteiger partial charge in [0.15, 0.2) is 0 Å². The molecule has 1 aliphatic carbocycles. The Labute approximate surface area is 108 Å². The molecule has 1 unspecified atom stereocenters. The van der Waals surface area contributed by atoms with Crippen LogP contribution in [0.5, 0.6) is 0 Å². The Morgan fingerprint density at radius 3 is 2.47 bits per heavy atom. The molecule has 0 heterocycles. The lowest BCUT2D eigenvalue weighted by molar-refractivity contribution is 0.0451. The highest BCUT2D eigenvalue weighted by atomic mass is 33.1. The Bertz CT molecular complexity index is 174. The summed E-state index contributed by atoms with van der Waals surface area (Å²) in [6.45, 7) is 1.000. The molecule has 0 aromatic rings. The minimum atomic E-state index is 0.304. The van der Waals surface area contributed by atoms with Gasteiger partial charge in [-0.15, -0.1) is 11.7 Å². The summed E-state index contributed by atoms with van der Waals surface area (Å²) in [4.78, 5) is 2.41. The molecule has 15 heavy (non-hydrogen) atoms. The SMILES string of the molecule is COC1CCC(N(C)CC(S)SS)CC1. The van der Waals surface area contributed by atoms with Crippen molar-refractivity contribution < 1.29 is 4.74 Å². The molecule has 1 fully saturated rings. The van der Waals surface area contributed by atoms with Crippen LogP contribution in [-0.2, 0) is 4.74 Å². The molecule has 5 heteroatoms. The molecule has 2 nitrogen and oxygen atoms in total. The van der Waals surface area contributed by atoms with Gasteiger partial charge in [-0.25, -0.2) is 0 Å². The maximum absolute atomic E-state index is 5.37. The number of rotatable bonds is 5. The molecule has 1 atom stereocenters. The average molecular weight is 267 g/mol. The van der Waals surface area contributed by atoms with E-state index in [2.05, 4.69) is 36.2 Å². The van der Waals surface area contributed by atoms with Gasteiger partial charge < -0.3 is 9.64 Å². The van der Waals surface area contributed by atoms with Crippen molar-refractivity contribution in [3.8, 4) is 0 Å². The fourth-order valence-corrected chi connectivity index (χ4v) is 2.91. The van der Waals surface area contributed by atoms with Crippen LogP contribution in [0.4, 0.5) is 0 Å². The summed E-state index contributed by atoms with van der Waals surface area (Å²) in [6, 6.07) is 0.700. The van der Waals surface area contributed by atoms with Crippen LogP contribution in [-0.4, -0.2) is 42.3 Å². The third-order valence-electron chi connectivity index (χ3n) is 3.17. The first-order valence-electron chi connectivity index (χ1n) is 5.38. The fourth-order valence-electron chi connectivity index (χ4n) is 2.15. The molecule has 0 radical (unpaired) electrons. The molecule has 0 aliphatic heterocycles. The van der Waals surface area contributed by atoms with Gasteiger partial charge in [0.1, 0.15) is 0 Å². The zero-order chi connectivity index (χ0) is 11.3. The maximum atomic E-state index is 5.37. The van der Waals surface area contributed by atoms with Crippen LogP contribution in [0.25, 0.3) is 0 Å². The first-order chi connectivity index (χ1) is 7.17. The maximum Gasteiger partial charge on any atom is 0.0700 e. The highest BCUT2D eigenvalue weighted by Crippen LogP contribution is 2.26. The van der Waals surface area contributed by atoms with Crippen molar-refractivity contribution in [1.82, 2.24) is 4.90 Å². The molecule has 0 aromatic carbocycles. The zero-order valence-corrected chi connectivity index (χ0v) is 12.0.